The zero-order valence-electron chi connectivity index (χ0n) is 15.4. The lowest BCUT2D eigenvalue weighted by atomic mass is 9.73. The van der Waals surface area contributed by atoms with Crippen molar-refractivity contribution in [3.63, 3.8) is 0 Å². The Balaban J connectivity index is 1.60. The fourth-order valence-corrected chi connectivity index (χ4v) is 3.97. The van der Waals surface area contributed by atoms with Gasteiger partial charge in [-0.3, -0.25) is 4.79 Å². The lowest BCUT2D eigenvalue weighted by Crippen LogP contribution is -2.46. The third-order valence-corrected chi connectivity index (χ3v) is 5.42. The van der Waals surface area contributed by atoms with Crippen molar-refractivity contribution in [1.29, 1.82) is 0 Å². The van der Waals surface area contributed by atoms with Crippen molar-refractivity contribution in [3.05, 3.63) is 35.6 Å². The number of carbonyl (C=O) groups is 1. The third kappa shape index (κ3) is 4.23. The molecule has 0 bridgehead atoms. The number of nitrogens with zero attached hydrogens (tertiary/aromatic N) is 2. The van der Waals surface area contributed by atoms with Crippen molar-refractivity contribution >= 4 is 11.7 Å². The maximum atomic E-state index is 13.1. The number of halogens is 1. The van der Waals surface area contributed by atoms with Crippen LogP contribution in [0.15, 0.2) is 29.4 Å². The summed E-state index contributed by atoms with van der Waals surface area (Å²) in [4.78, 5) is 19.9. The second-order valence-electron chi connectivity index (χ2n) is 7.96. The van der Waals surface area contributed by atoms with E-state index in [1.54, 1.807) is 12.1 Å². The van der Waals surface area contributed by atoms with Gasteiger partial charge in [-0.25, -0.2) is 4.39 Å². The van der Waals surface area contributed by atoms with Gasteiger partial charge in [-0.1, -0.05) is 31.1 Å². The number of aliphatic carboxylic acids is 1. The van der Waals surface area contributed by atoms with Crippen LogP contribution in [0.2, 0.25) is 0 Å². The number of carboxylic acid groups (broad SMARTS) is 1. The predicted molar refractivity (Wildman–Crippen MR) is 97.6 cm³/mol. The Morgan fingerprint density at radius 3 is 2.58 bits per heavy atom. The highest BCUT2D eigenvalue weighted by atomic mass is 19.1. The van der Waals surface area contributed by atoms with E-state index in [0.717, 1.165) is 30.9 Å². The van der Waals surface area contributed by atoms with Gasteiger partial charge in [0, 0.05) is 19.4 Å². The molecule has 5 nitrogen and oxygen atoms in total. The van der Waals surface area contributed by atoms with E-state index in [0.29, 0.717) is 31.6 Å². The summed E-state index contributed by atoms with van der Waals surface area (Å²) in [5.74, 6) is -0.444. The Kier molecular flexibility index (Phi) is 5.61. The van der Waals surface area contributed by atoms with Crippen LogP contribution in [0.25, 0.3) is 0 Å². The average Bonchev–Trinajstić information content (AvgIpc) is 3.05. The number of hydrogen-bond donors (Lipinski definition) is 1. The van der Waals surface area contributed by atoms with Crippen molar-refractivity contribution < 1.29 is 19.1 Å². The fourth-order valence-electron chi connectivity index (χ4n) is 3.97. The van der Waals surface area contributed by atoms with Gasteiger partial charge in [0.2, 0.25) is 0 Å². The highest BCUT2D eigenvalue weighted by Crippen LogP contribution is 2.39. The van der Waals surface area contributed by atoms with Gasteiger partial charge in [0.25, 0.3) is 0 Å². The van der Waals surface area contributed by atoms with Gasteiger partial charge in [0.1, 0.15) is 11.9 Å². The zero-order valence-corrected chi connectivity index (χ0v) is 15.4. The summed E-state index contributed by atoms with van der Waals surface area (Å²) in [6.07, 6.45) is 2.08. The molecule has 142 valence electrons. The second-order valence-corrected chi connectivity index (χ2v) is 7.96. The Bertz CT molecular complexity index is 664. The van der Waals surface area contributed by atoms with Crippen molar-refractivity contribution in [1.82, 2.24) is 4.90 Å². The number of carboxylic acids is 1. The van der Waals surface area contributed by atoms with Crippen LogP contribution in [0.1, 0.15) is 45.1 Å². The van der Waals surface area contributed by atoms with Crippen LogP contribution in [0.4, 0.5) is 4.39 Å². The molecule has 0 spiro atoms. The van der Waals surface area contributed by atoms with Crippen LogP contribution < -0.4 is 0 Å². The molecule has 1 fully saturated rings. The molecule has 1 aromatic carbocycles. The maximum Gasteiger partial charge on any atom is 0.309 e. The Hall–Kier alpha value is -1.95. The molecule has 1 aromatic rings. The molecule has 1 N–H and O–H groups in total. The molecule has 0 aliphatic carbocycles. The number of oxime groups is 1. The molecule has 3 rings (SSSR count). The van der Waals surface area contributed by atoms with Crippen molar-refractivity contribution in [2.24, 2.45) is 16.5 Å². The monoisotopic (exact) mass is 362 g/mol. The highest BCUT2D eigenvalue weighted by Gasteiger charge is 2.44. The largest absolute Gasteiger partial charge is 0.481 e. The molecule has 0 amide bonds. The van der Waals surface area contributed by atoms with E-state index < -0.39 is 11.4 Å². The van der Waals surface area contributed by atoms with Gasteiger partial charge in [0.15, 0.2) is 0 Å². The van der Waals surface area contributed by atoms with Crippen molar-refractivity contribution in [3.8, 4) is 0 Å². The van der Waals surface area contributed by atoms with E-state index in [4.69, 9.17) is 4.84 Å². The number of benzene rings is 1. The highest BCUT2D eigenvalue weighted by molar-refractivity contribution is 6.01. The molecule has 0 aromatic heterocycles. The van der Waals surface area contributed by atoms with E-state index in [9.17, 15) is 14.3 Å². The molecular formula is C20H27FN2O3. The third-order valence-electron chi connectivity index (χ3n) is 5.42. The molecule has 2 heterocycles. The van der Waals surface area contributed by atoms with Crippen LogP contribution in [-0.4, -0.2) is 47.4 Å². The van der Waals surface area contributed by atoms with Crippen molar-refractivity contribution in [2.75, 3.05) is 19.6 Å². The van der Waals surface area contributed by atoms with Gasteiger partial charge in [-0.2, -0.15) is 0 Å². The van der Waals surface area contributed by atoms with Gasteiger partial charge in [-0.05, 0) is 49.5 Å². The zero-order chi connectivity index (χ0) is 18.7. The Morgan fingerprint density at radius 1 is 1.35 bits per heavy atom. The van der Waals surface area contributed by atoms with E-state index in [-0.39, 0.29) is 11.9 Å². The first-order chi connectivity index (χ1) is 12.4. The molecule has 1 atom stereocenters. The summed E-state index contributed by atoms with van der Waals surface area (Å²) in [6, 6.07) is 6.15. The topological polar surface area (TPSA) is 62.1 Å². The normalized spacial score (nSPS) is 22.9. The minimum atomic E-state index is -0.744. The molecule has 0 saturated carbocycles. The molecule has 1 saturated heterocycles. The van der Waals surface area contributed by atoms with E-state index in [2.05, 4.69) is 23.9 Å². The van der Waals surface area contributed by atoms with Crippen molar-refractivity contribution in [2.45, 2.75) is 45.6 Å². The first kappa shape index (κ1) is 18.8. The van der Waals surface area contributed by atoms with Crippen LogP contribution in [0.3, 0.4) is 0 Å². The number of hydrogen-bond acceptors (Lipinski definition) is 4. The fraction of sp³-hybridized carbons (Fsp3) is 0.600. The van der Waals surface area contributed by atoms with E-state index in [1.807, 2.05) is 0 Å². The standard InChI is InChI=1S/C20H27FN2O3/c1-14(2)13-23-9-7-20(8-10-23,19(24)25)12-17-11-18(22-26-17)15-3-5-16(21)6-4-15/h3-6,14,17H,7-13H2,1-2H3,(H,24,25)/t17-/m0/s1. The van der Waals surface area contributed by atoms with E-state index in [1.165, 1.54) is 12.1 Å². The summed E-state index contributed by atoms with van der Waals surface area (Å²) in [5.41, 5.74) is 0.837. The molecule has 26 heavy (non-hydrogen) atoms. The second kappa shape index (κ2) is 7.74. The summed E-state index contributed by atoms with van der Waals surface area (Å²) < 4.78 is 13.1. The van der Waals surface area contributed by atoms with Crippen LogP contribution in [0, 0.1) is 17.2 Å². The Labute approximate surface area is 153 Å². The van der Waals surface area contributed by atoms with E-state index >= 15 is 0 Å². The minimum absolute atomic E-state index is 0.234. The number of rotatable bonds is 6. The lowest BCUT2D eigenvalue weighted by molar-refractivity contribution is -0.155. The molecule has 2 aliphatic rings. The first-order valence-corrected chi connectivity index (χ1v) is 9.32. The quantitative estimate of drug-likeness (QED) is 0.841. The lowest BCUT2D eigenvalue weighted by Gasteiger charge is -2.40. The summed E-state index contributed by atoms with van der Waals surface area (Å²) in [5, 5.41) is 14.0. The number of likely N-dealkylation sites (tertiary alicyclic amines) is 1. The van der Waals surface area contributed by atoms with Crippen LogP contribution >= 0.6 is 0 Å². The van der Waals surface area contributed by atoms with Gasteiger partial charge < -0.3 is 14.8 Å². The molecule has 6 heteroatoms. The summed E-state index contributed by atoms with van der Waals surface area (Å²) >= 11 is 0. The SMILES string of the molecule is CC(C)CN1CCC(C[C@@H]2CC(c3ccc(F)cc3)=NO2)(C(=O)O)CC1. The molecule has 0 radical (unpaired) electrons. The number of piperidine rings is 1. The smallest absolute Gasteiger partial charge is 0.309 e. The minimum Gasteiger partial charge on any atom is -0.481 e. The van der Waals surface area contributed by atoms with Crippen LogP contribution in [-0.2, 0) is 9.63 Å². The summed E-state index contributed by atoms with van der Waals surface area (Å²) in [7, 11) is 0. The Morgan fingerprint density at radius 2 is 2.00 bits per heavy atom. The van der Waals surface area contributed by atoms with Gasteiger partial charge in [-0.15, -0.1) is 0 Å². The first-order valence-electron chi connectivity index (χ1n) is 9.32. The van der Waals surface area contributed by atoms with Gasteiger partial charge in [0.05, 0.1) is 11.1 Å². The molecule has 0 unspecified atom stereocenters. The predicted octanol–water partition coefficient (Wildman–Crippen LogP) is 3.53. The molecular weight excluding hydrogens is 335 g/mol. The maximum absolute atomic E-state index is 13.1. The van der Waals surface area contributed by atoms with Gasteiger partial charge >= 0.3 is 5.97 Å². The van der Waals surface area contributed by atoms with Crippen LogP contribution in [0.5, 0.6) is 0 Å². The average molecular weight is 362 g/mol. The molecule has 2 aliphatic heterocycles. The summed E-state index contributed by atoms with van der Waals surface area (Å²) in [6.45, 7) is 6.98.